The van der Waals surface area contributed by atoms with Gasteiger partial charge < -0.3 is 10.4 Å². The molecule has 2 rings (SSSR count). The zero-order valence-electron chi connectivity index (χ0n) is 9.89. The summed E-state index contributed by atoms with van der Waals surface area (Å²) in [6, 6.07) is 11.0. The van der Waals surface area contributed by atoms with E-state index in [2.05, 4.69) is 36.5 Å². The van der Waals surface area contributed by atoms with Gasteiger partial charge >= 0.3 is 0 Å². The highest BCUT2D eigenvalue weighted by molar-refractivity contribution is 5.18. The molecule has 2 N–H and O–H groups in total. The molecule has 0 radical (unpaired) electrons. The van der Waals surface area contributed by atoms with Crippen LogP contribution in [0.4, 0.5) is 0 Å². The number of aliphatic hydroxyl groups excluding tert-OH is 1. The van der Waals surface area contributed by atoms with Crippen LogP contribution in [0, 0.1) is 0 Å². The van der Waals surface area contributed by atoms with E-state index in [1.165, 1.54) is 18.4 Å². The Labute approximate surface area is 97.7 Å². The predicted octanol–water partition coefficient (Wildman–Crippen LogP) is 2.64. The molecule has 1 fully saturated rings. The maximum absolute atomic E-state index is 9.90. The largest absolute Gasteiger partial charge is 0.392 e. The van der Waals surface area contributed by atoms with Crippen molar-refractivity contribution in [2.24, 2.45) is 0 Å². The fourth-order valence-corrected chi connectivity index (χ4v) is 2.46. The van der Waals surface area contributed by atoms with Crippen molar-refractivity contribution >= 4 is 0 Å². The second-order valence-corrected chi connectivity index (χ2v) is 4.76. The Bertz CT molecular complexity index is 312. The van der Waals surface area contributed by atoms with Crippen LogP contribution in [0.15, 0.2) is 30.3 Å². The lowest BCUT2D eigenvalue weighted by molar-refractivity contribution is 0.0860. The van der Waals surface area contributed by atoms with Crippen molar-refractivity contribution in [3.63, 3.8) is 0 Å². The standard InChI is InChI=1S/C14H21NO/c1-11(12-7-3-2-4-8-12)15-13-9-5-6-10-14(13)16/h2-4,7-8,11,13-16H,5-6,9-10H2,1H3/t11-,13+,14-/m1/s1. The number of rotatable bonds is 3. The molecule has 0 aromatic heterocycles. The van der Waals surface area contributed by atoms with E-state index in [4.69, 9.17) is 0 Å². The number of benzene rings is 1. The van der Waals surface area contributed by atoms with Gasteiger partial charge in [-0.25, -0.2) is 0 Å². The van der Waals surface area contributed by atoms with E-state index < -0.39 is 0 Å². The SMILES string of the molecule is C[C@@H](N[C@H]1CCCC[C@H]1O)c1ccccc1. The second kappa shape index (κ2) is 5.46. The van der Waals surface area contributed by atoms with Crippen LogP contribution >= 0.6 is 0 Å². The van der Waals surface area contributed by atoms with Crippen molar-refractivity contribution in [1.82, 2.24) is 5.32 Å². The summed E-state index contributed by atoms with van der Waals surface area (Å²) in [7, 11) is 0. The van der Waals surface area contributed by atoms with E-state index in [0.717, 1.165) is 12.8 Å². The second-order valence-electron chi connectivity index (χ2n) is 4.76. The maximum atomic E-state index is 9.90. The highest BCUT2D eigenvalue weighted by atomic mass is 16.3. The van der Waals surface area contributed by atoms with E-state index in [0.29, 0.717) is 6.04 Å². The van der Waals surface area contributed by atoms with E-state index in [9.17, 15) is 5.11 Å². The Morgan fingerprint density at radius 1 is 1.19 bits per heavy atom. The molecule has 0 amide bonds. The van der Waals surface area contributed by atoms with Crippen molar-refractivity contribution in [3.05, 3.63) is 35.9 Å². The molecule has 0 spiro atoms. The minimum Gasteiger partial charge on any atom is -0.392 e. The molecular formula is C14H21NO. The van der Waals surface area contributed by atoms with E-state index >= 15 is 0 Å². The first-order valence-corrected chi connectivity index (χ1v) is 6.26. The molecule has 16 heavy (non-hydrogen) atoms. The van der Waals surface area contributed by atoms with Crippen LogP contribution in [0.3, 0.4) is 0 Å². The van der Waals surface area contributed by atoms with Crippen molar-refractivity contribution in [2.75, 3.05) is 0 Å². The average molecular weight is 219 g/mol. The Morgan fingerprint density at radius 3 is 2.56 bits per heavy atom. The summed E-state index contributed by atoms with van der Waals surface area (Å²) in [6.45, 7) is 2.16. The van der Waals surface area contributed by atoms with Gasteiger partial charge in [0.2, 0.25) is 0 Å². The Kier molecular flexibility index (Phi) is 3.97. The molecule has 1 aliphatic carbocycles. The molecule has 0 heterocycles. The third kappa shape index (κ3) is 2.83. The minimum atomic E-state index is -0.167. The van der Waals surface area contributed by atoms with Crippen LogP contribution < -0.4 is 5.32 Å². The van der Waals surface area contributed by atoms with Gasteiger partial charge in [-0.2, -0.15) is 0 Å². The van der Waals surface area contributed by atoms with E-state index in [1.54, 1.807) is 0 Å². The summed E-state index contributed by atoms with van der Waals surface area (Å²) in [6.07, 6.45) is 4.27. The Morgan fingerprint density at radius 2 is 1.88 bits per heavy atom. The van der Waals surface area contributed by atoms with Gasteiger partial charge in [0.05, 0.1) is 6.10 Å². The molecule has 1 saturated carbocycles. The van der Waals surface area contributed by atoms with Gasteiger partial charge in [0.15, 0.2) is 0 Å². The molecule has 2 heteroatoms. The van der Waals surface area contributed by atoms with Gasteiger partial charge in [-0.1, -0.05) is 43.2 Å². The molecule has 1 aromatic rings. The van der Waals surface area contributed by atoms with Gasteiger partial charge in [0.25, 0.3) is 0 Å². The van der Waals surface area contributed by atoms with Gasteiger partial charge in [0, 0.05) is 12.1 Å². The van der Waals surface area contributed by atoms with Gasteiger partial charge in [-0.15, -0.1) is 0 Å². The van der Waals surface area contributed by atoms with Gasteiger partial charge in [-0.05, 0) is 25.3 Å². The highest BCUT2D eigenvalue weighted by Gasteiger charge is 2.24. The lowest BCUT2D eigenvalue weighted by atomic mass is 9.91. The van der Waals surface area contributed by atoms with Crippen LogP contribution in [0.5, 0.6) is 0 Å². The summed E-state index contributed by atoms with van der Waals surface area (Å²) in [4.78, 5) is 0. The first kappa shape index (κ1) is 11.6. The zero-order chi connectivity index (χ0) is 11.4. The fraction of sp³-hybridized carbons (Fsp3) is 0.571. The monoisotopic (exact) mass is 219 g/mol. The average Bonchev–Trinajstić information content (AvgIpc) is 2.33. The van der Waals surface area contributed by atoms with Crippen LogP contribution in [0.2, 0.25) is 0 Å². The fourth-order valence-electron chi connectivity index (χ4n) is 2.46. The number of aliphatic hydroxyl groups is 1. The molecular weight excluding hydrogens is 198 g/mol. The molecule has 1 aromatic carbocycles. The first-order valence-electron chi connectivity index (χ1n) is 6.26. The molecule has 0 unspecified atom stereocenters. The molecule has 0 bridgehead atoms. The predicted molar refractivity (Wildman–Crippen MR) is 66.3 cm³/mol. The van der Waals surface area contributed by atoms with E-state index in [-0.39, 0.29) is 12.1 Å². The smallest absolute Gasteiger partial charge is 0.0693 e. The Balaban J connectivity index is 1.94. The molecule has 1 aliphatic rings. The molecule has 3 atom stereocenters. The lowest BCUT2D eigenvalue weighted by Crippen LogP contribution is -2.43. The summed E-state index contributed by atoms with van der Waals surface area (Å²) in [5.41, 5.74) is 1.29. The topological polar surface area (TPSA) is 32.3 Å². The van der Waals surface area contributed by atoms with Crippen molar-refractivity contribution in [3.8, 4) is 0 Å². The summed E-state index contributed by atoms with van der Waals surface area (Å²) >= 11 is 0. The van der Waals surface area contributed by atoms with E-state index in [1.807, 2.05) is 6.07 Å². The van der Waals surface area contributed by atoms with Crippen LogP contribution in [-0.4, -0.2) is 17.3 Å². The van der Waals surface area contributed by atoms with Gasteiger partial charge in [-0.3, -0.25) is 0 Å². The summed E-state index contributed by atoms with van der Waals surface area (Å²) in [5, 5.41) is 13.4. The van der Waals surface area contributed by atoms with Crippen LogP contribution in [0.25, 0.3) is 0 Å². The normalized spacial score (nSPS) is 27.6. The quantitative estimate of drug-likeness (QED) is 0.819. The number of hydrogen-bond acceptors (Lipinski definition) is 2. The Hall–Kier alpha value is -0.860. The van der Waals surface area contributed by atoms with Crippen LogP contribution in [0.1, 0.15) is 44.2 Å². The maximum Gasteiger partial charge on any atom is 0.0693 e. The summed E-state index contributed by atoms with van der Waals surface area (Å²) < 4.78 is 0. The summed E-state index contributed by atoms with van der Waals surface area (Å²) in [5.74, 6) is 0. The lowest BCUT2D eigenvalue weighted by Gasteiger charge is -2.31. The number of nitrogens with one attached hydrogen (secondary N) is 1. The highest BCUT2D eigenvalue weighted by Crippen LogP contribution is 2.21. The zero-order valence-corrected chi connectivity index (χ0v) is 9.89. The van der Waals surface area contributed by atoms with Crippen molar-refractivity contribution in [2.45, 2.75) is 50.8 Å². The van der Waals surface area contributed by atoms with Crippen molar-refractivity contribution < 1.29 is 5.11 Å². The first-order chi connectivity index (χ1) is 7.77. The third-order valence-electron chi connectivity index (χ3n) is 3.49. The molecule has 0 aliphatic heterocycles. The molecule has 2 nitrogen and oxygen atoms in total. The van der Waals surface area contributed by atoms with Crippen molar-refractivity contribution in [1.29, 1.82) is 0 Å². The molecule has 88 valence electrons. The minimum absolute atomic E-state index is 0.167. The number of hydrogen-bond donors (Lipinski definition) is 2. The third-order valence-corrected chi connectivity index (χ3v) is 3.49. The van der Waals surface area contributed by atoms with Gasteiger partial charge in [0.1, 0.15) is 0 Å². The van der Waals surface area contributed by atoms with Crippen LogP contribution in [-0.2, 0) is 0 Å². The molecule has 0 saturated heterocycles.